The van der Waals surface area contributed by atoms with Crippen molar-refractivity contribution in [1.29, 1.82) is 0 Å². The van der Waals surface area contributed by atoms with Crippen LogP contribution in [0.15, 0.2) is 24.3 Å². The molecule has 0 amide bonds. The van der Waals surface area contributed by atoms with Gasteiger partial charge in [-0.3, -0.25) is 0 Å². The molecule has 0 atom stereocenters. The zero-order valence-corrected chi connectivity index (χ0v) is 18.7. The highest BCUT2D eigenvalue weighted by Crippen LogP contribution is 2.17. The fraction of sp³-hybridized carbons (Fsp3) is 0.680. The molecule has 0 spiro atoms. The van der Waals surface area contributed by atoms with Gasteiger partial charge in [-0.05, 0) is 31.4 Å². The largest absolute Gasteiger partial charge is 0.462 e. The molecule has 164 valence electrons. The van der Waals surface area contributed by atoms with Crippen molar-refractivity contribution in [3.8, 4) is 0 Å². The van der Waals surface area contributed by atoms with E-state index in [0.29, 0.717) is 17.7 Å². The first-order chi connectivity index (χ1) is 14.1. The van der Waals surface area contributed by atoms with Gasteiger partial charge in [0.05, 0.1) is 17.7 Å². The summed E-state index contributed by atoms with van der Waals surface area (Å²) in [4.78, 5) is 25.1. The molecule has 4 heteroatoms. The van der Waals surface area contributed by atoms with Crippen LogP contribution in [-0.4, -0.2) is 24.6 Å². The fourth-order valence-electron chi connectivity index (χ4n) is 3.44. The van der Waals surface area contributed by atoms with Crippen LogP contribution in [0.2, 0.25) is 0 Å². The van der Waals surface area contributed by atoms with Crippen LogP contribution in [-0.2, 0) is 9.47 Å². The lowest BCUT2D eigenvalue weighted by atomic mass is 10.1. The van der Waals surface area contributed by atoms with Crippen LogP contribution in [0.1, 0.15) is 119 Å². The van der Waals surface area contributed by atoms with Crippen molar-refractivity contribution < 1.29 is 19.1 Å². The molecule has 0 N–H and O–H groups in total. The fourth-order valence-corrected chi connectivity index (χ4v) is 3.44. The third-order valence-electron chi connectivity index (χ3n) is 5.09. The summed E-state index contributed by atoms with van der Waals surface area (Å²) in [6, 6.07) is 6.78. The molecule has 0 aliphatic carbocycles. The maximum absolute atomic E-state index is 12.6. The number of rotatable bonds is 16. The van der Waals surface area contributed by atoms with E-state index in [0.717, 1.165) is 38.5 Å². The summed E-state index contributed by atoms with van der Waals surface area (Å²) in [6.07, 6.45) is 13.0. The first kappa shape index (κ1) is 25.2. The molecule has 0 heterocycles. The summed E-state index contributed by atoms with van der Waals surface area (Å²) in [5, 5.41) is 0. The number of esters is 2. The number of carbonyl (C=O) groups is 2. The van der Waals surface area contributed by atoms with Crippen LogP contribution < -0.4 is 0 Å². The van der Waals surface area contributed by atoms with Crippen molar-refractivity contribution in [3.63, 3.8) is 0 Å². The lowest BCUT2D eigenvalue weighted by molar-refractivity contribution is 0.0249. The van der Waals surface area contributed by atoms with E-state index in [-0.39, 0.29) is 6.10 Å². The summed E-state index contributed by atoms with van der Waals surface area (Å²) < 4.78 is 11.1. The average molecular weight is 405 g/mol. The van der Waals surface area contributed by atoms with Crippen LogP contribution in [0.4, 0.5) is 0 Å². The number of carbonyl (C=O) groups excluding carboxylic acids is 2. The Morgan fingerprint density at radius 3 is 1.79 bits per heavy atom. The third-order valence-corrected chi connectivity index (χ3v) is 5.09. The van der Waals surface area contributed by atoms with E-state index in [1.54, 1.807) is 24.3 Å². The second kappa shape index (κ2) is 16.0. The Kier molecular flexibility index (Phi) is 13.9. The van der Waals surface area contributed by atoms with Gasteiger partial charge < -0.3 is 9.47 Å². The molecule has 0 aliphatic rings. The second-order valence-electron chi connectivity index (χ2n) is 7.76. The lowest BCUT2D eigenvalue weighted by Crippen LogP contribution is -2.20. The Morgan fingerprint density at radius 2 is 1.24 bits per heavy atom. The van der Waals surface area contributed by atoms with Gasteiger partial charge in [-0.15, -0.1) is 0 Å². The number of ether oxygens (including phenoxy) is 2. The molecule has 0 saturated carbocycles. The van der Waals surface area contributed by atoms with Gasteiger partial charge in [0.2, 0.25) is 0 Å². The monoisotopic (exact) mass is 404 g/mol. The first-order valence-corrected chi connectivity index (χ1v) is 11.6. The number of benzene rings is 1. The molecule has 0 radical (unpaired) electrons. The van der Waals surface area contributed by atoms with E-state index in [9.17, 15) is 9.59 Å². The molecule has 0 bridgehead atoms. The van der Waals surface area contributed by atoms with Crippen LogP contribution in [0, 0.1) is 0 Å². The molecular formula is C25H40O4. The minimum Gasteiger partial charge on any atom is -0.462 e. The van der Waals surface area contributed by atoms with Crippen molar-refractivity contribution in [2.45, 2.75) is 104 Å². The van der Waals surface area contributed by atoms with Gasteiger partial charge in [-0.25, -0.2) is 9.59 Å². The van der Waals surface area contributed by atoms with Gasteiger partial charge in [-0.1, -0.05) is 90.7 Å². The normalized spacial score (nSPS) is 10.9. The van der Waals surface area contributed by atoms with Crippen molar-refractivity contribution in [2.75, 3.05) is 6.61 Å². The van der Waals surface area contributed by atoms with E-state index in [1.807, 2.05) is 0 Å². The van der Waals surface area contributed by atoms with Crippen molar-refractivity contribution in [2.24, 2.45) is 0 Å². The highest BCUT2D eigenvalue weighted by atomic mass is 16.5. The Morgan fingerprint density at radius 1 is 0.724 bits per heavy atom. The zero-order valence-electron chi connectivity index (χ0n) is 18.7. The van der Waals surface area contributed by atoms with E-state index in [1.165, 1.54) is 38.5 Å². The van der Waals surface area contributed by atoms with Crippen molar-refractivity contribution in [1.82, 2.24) is 0 Å². The smallest absolute Gasteiger partial charge is 0.339 e. The number of hydrogen-bond acceptors (Lipinski definition) is 4. The molecule has 0 aliphatic heterocycles. The standard InChI is InChI=1S/C25H40O4/c1-4-7-8-9-10-11-12-15-20-28-24(26)22-18-13-14-19-23(22)25(27)29-21(16-5-2)17-6-3/h13-14,18-19,21H,4-12,15-17,20H2,1-3H3. The van der Waals surface area contributed by atoms with E-state index in [2.05, 4.69) is 20.8 Å². The maximum atomic E-state index is 12.6. The maximum Gasteiger partial charge on any atom is 0.339 e. The molecule has 29 heavy (non-hydrogen) atoms. The second-order valence-corrected chi connectivity index (χ2v) is 7.76. The van der Waals surface area contributed by atoms with Crippen LogP contribution in [0.3, 0.4) is 0 Å². The van der Waals surface area contributed by atoms with Gasteiger partial charge in [-0.2, -0.15) is 0 Å². The number of hydrogen-bond donors (Lipinski definition) is 0. The summed E-state index contributed by atoms with van der Waals surface area (Å²) >= 11 is 0. The molecule has 1 rings (SSSR count). The Bertz CT molecular complexity index is 576. The van der Waals surface area contributed by atoms with E-state index < -0.39 is 11.9 Å². The highest BCUT2D eigenvalue weighted by Gasteiger charge is 2.21. The van der Waals surface area contributed by atoms with E-state index >= 15 is 0 Å². The Hall–Kier alpha value is -1.84. The van der Waals surface area contributed by atoms with Gasteiger partial charge in [0.1, 0.15) is 6.10 Å². The summed E-state index contributed by atoms with van der Waals surface area (Å²) in [7, 11) is 0. The Balaban J connectivity index is 2.47. The van der Waals surface area contributed by atoms with Crippen molar-refractivity contribution in [3.05, 3.63) is 35.4 Å². The molecule has 0 saturated heterocycles. The summed E-state index contributed by atoms with van der Waals surface area (Å²) in [5.74, 6) is -0.875. The van der Waals surface area contributed by atoms with Gasteiger partial charge in [0.25, 0.3) is 0 Å². The molecule has 1 aromatic rings. The third kappa shape index (κ3) is 10.5. The predicted molar refractivity (Wildman–Crippen MR) is 118 cm³/mol. The average Bonchev–Trinajstić information content (AvgIpc) is 2.72. The van der Waals surface area contributed by atoms with Gasteiger partial charge in [0, 0.05) is 0 Å². The zero-order chi connectivity index (χ0) is 21.3. The summed E-state index contributed by atoms with van der Waals surface area (Å²) in [5.41, 5.74) is 0.592. The van der Waals surface area contributed by atoms with Gasteiger partial charge in [0.15, 0.2) is 0 Å². The lowest BCUT2D eigenvalue weighted by Gasteiger charge is -2.17. The highest BCUT2D eigenvalue weighted by molar-refractivity contribution is 6.03. The van der Waals surface area contributed by atoms with Gasteiger partial charge >= 0.3 is 11.9 Å². The first-order valence-electron chi connectivity index (χ1n) is 11.6. The minimum absolute atomic E-state index is 0.0982. The molecule has 0 fully saturated rings. The van der Waals surface area contributed by atoms with Crippen LogP contribution in [0.25, 0.3) is 0 Å². The topological polar surface area (TPSA) is 52.6 Å². The summed E-state index contributed by atoms with van der Waals surface area (Å²) in [6.45, 7) is 6.77. The molecule has 0 unspecified atom stereocenters. The van der Waals surface area contributed by atoms with E-state index in [4.69, 9.17) is 9.47 Å². The predicted octanol–water partition coefficient (Wildman–Crippen LogP) is 7.11. The minimum atomic E-state index is -0.442. The SMILES string of the molecule is CCCCCCCCCCOC(=O)c1ccccc1C(=O)OC(CCC)CCC. The molecular weight excluding hydrogens is 364 g/mol. The molecule has 4 nitrogen and oxygen atoms in total. The quantitative estimate of drug-likeness (QED) is 0.218. The van der Waals surface area contributed by atoms with Crippen molar-refractivity contribution >= 4 is 11.9 Å². The molecule has 0 aromatic heterocycles. The van der Waals surface area contributed by atoms with Crippen LogP contribution in [0.5, 0.6) is 0 Å². The number of unbranched alkanes of at least 4 members (excludes halogenated alkanes) is 7. The van der Waals surface area contributed by atoms with Crippen LogP contribution >= 0.6 is 0 Å². The molecule has 1 aromatic carbocycles. The Labute approximate surface area is 177 Å².